The Balaban J connectivity index is 2.20. The fourth-order valence-corrected chi connectivity index (χ4v) is 3.72. The van der Waals surface area contributed by atoms with E-state index in [-0.39, 0.29) is 11.9 Å². The molecule has 1 unspecified atom stereocenters. The molecule has 0 saturated carbocycles. The van der Waals surface area contributed by atoms with E-state index in [2.05, 4.69) is 41.2 Å². The minimum atomic E-state index is -0.170. The molecule has 19 heavy (non-hydrogen) atoms. The summed E-state index contributed by atoms with van der Waals surface area (Å²) in [4.78, 5) is 1.29. The van der Waals surface area contributed by atoms with Crippen molar-refractivity contribution in [3.8, 4) is 0 Å². The molecular formula is C15H17BrFNS. The van der Waals surface area contributed by atoms with E-state index in [0.29, 0.717) is 0 Å². The molecule has 0 radical (unpaired) electrons. The monoisotopic (exact) mass is 341 g/mol. The molecule has 0 aliphatic rings. The van der Waals surface area contributed by atoms with Crippen LogP contribution >= 0.6 is 27.3 Å². The molecule has 0 aliphatic heterocycles. The van der Waals surface area contributed by atoms with Crippen LogP contribution in [-0.2, 0) is 6.42 Å². The van der Waals surface area contributed by atoms with Gasteiger partial charge >= 0.3 is 0 Å². The van der Waals surface area contributed by atoms with Crippen LogP contribution in [0.15, 0.2) is 34.1 Å². The predicted octanol–water partition coefficient (Wildman–Crippen LogP) is 4.85. The molecule has 1 aromatic carbocycles. The van der Waals surface area contributed by atoms with Crippen molar-refractivity contribution >= 4 is 27.3 Å². The summed E-state index contributed by atoms with van der Waals surface area (Å²) in [5.41, 5.74) is 2.27. The minimum absolute atomic E-state index is 0.170. The number of aryl methyl sites for hydroxylation is 1. The molecule has 1 N–H and O–H groups in total. The molecule has 2 rings (SSSR count). The Hall–Kier alpha value is -0.710. The summed E-state index contributed by atoms with van der Waals surface area (Å²) in [6.45, 7) is 5.08. The number of halogens is 2. The Kier molecular flexibility index (Phi) is 5.13. The lowest BCUT2D eigenvalue weighted by Gasteiger charge is -2.16. The number of benzene rings is 1. The van der Waals surface area contributed by atoms with Crippen molar-refractivity contribution in [2.75, 3.05) is 6.54 Å². The summed E-state index contributed by atoms with van der Waals surface area (Å²) >= 11 is 5.31. The Morgan fingerprint density at radius 2 is 2.16 bits per heavy atom. The Bertz CT molecular complexity index is 533. The summed E-state index contributed by atoms with van der Waals surface area (Å²) in [6, 6.07) is 9.27. The van der Waals surface area contributed by atoms with E-state index in [4.69, 9.17) is 0 Å². The van der Waals surface area contributed by atoms with Gasteiger partial charge in [0.1, 0.15) is 5.82 Å². The van der Waals surface area contributed by atoms with Crippen LogP contribution in [0.3, 0.4) is 0 Å². The zero-order chi connectivity index (χ0) is 13.8. The molecule has 0 bridgehead atoms. The van der Waals surface area contributed by atoms with Crippen molar-refractivity contribution in [1.82, 2.24) is 5.32 Å². The first-order valence-corrected chi connectivity index (χ1v) is 7.94. The average molecular weight is 342 g/mol. The fraction of sp³-hybridized carbons (Fsp3) is 0.333. The fourth-order valence-electron chi connectivity index (χ4n) is 2.07. The number of hydrogen-bond donors (Lipinski definition) is 1. The molecule has 0 spiro atoms. The number of likely N-dealkylation sites (N-methyl/N-ethyl adjacent to an activating group) is 1. The lowest BCUT2D eigenvalue weighted by atomic mass is 10.0. The quantitative estimate of drug-likeness (QED) is 0.819. The first-order valence-electron chi connectivity index (χ1n) is 6.33. The van der Waals surface area contributed by atoms with E-state index in [1.54, 1.807) is 23.5 Å². The Labute approximate surface area is 126 Å². The standard InChI is InChI=1S/C15H17BrFNS/c1-3-18-13(14-7-10(2)15(16)19-14)9-11-5-4-6-12(17)8-11/h4-8,13,18H,3,9H2,1-2H3. The summed E-state index contributed by atoms with van der Waals surface area (Å²) < 4.78 is 14.4. The second kappa shape index (κ2) is 6.64. The van der Waals surface area contributed by atoms with Gasteiger partial charge < -0.3 is 5.32 Å². The molecule has 0 saturated heterocycles. The topological polar surface area (TPSA) is 12.0 Å². The molecule has 1 nitrogen and oxygen atoms in total. The number of thiophene rings is 1. The molecule has 1 atom stereocenters. The lowest BCUT2D eigenvalue weighted by Crippen LogP contribution is -2.22. The Morgan fingerprint density at radius 1 is 1.37 bits per heavy atom. The van der Waals surface area contributed by atoms with E-state index in [1.807, 2.05) is 6.07 Å². The van der Waals surface area contributed by atoms with Crippen LogP contribution in [0.5, 0.6) is 0 Å². The molecule has 0 aliphatic carbocycles. The zero-order valence-electron chi connectivity index (χ0n) is 11.0. The van der Waals surface area contributed by atoms with Crippen molar-refractivity contribution in [1.29, 1.82) is 0 Å². The van der Waals surface area contributed by atoms with E-state index < -0.39 is 0 Å². The maximum Gasteiger partial charge on any atom is 0.123 e. The normalized spacial score (nSPS) is 12.6. The van der Waals surface area contributed by atoms with Crippen molar-refractivity contribution in [3.05, 3.63) is 55.9 Å². The van der Waals surface area contributed by atoms with Crippen LogP contribution in [0.25, 0.3) is 0 Å². The van der Waals surface area contributed by atoms with Gasteiger partial charge in [-0.05, 0) is 65.1 Å². The van der Waals surface area contributed by atoms with Crippen molar-refractivity contribution in [2.24, 2.45) is 0 Å². The molecule has 1 aromatic heterocycles. The van der Waals surface area contributed by atoms with Crippen LogP contribution in [-0.4, -0.2) is 6.54 Å². The van der Waals surface area contributed by atoms with Crippen LogP contribution in [0.2, 0.25) is 0 Å². The minimum Gasteiger partial charge on any atom is -0.309 e. The molecule has 0 fully saturated rings. The van der Waals surface area contributed by atoms with Gasteiger partial charge in [0.25, 0.3) is 0 Å². The van der Waals surface area contributed by atoms with E-state index in [0.717, 1.165) is 18.5 Å². The molecule has 1 heterocycles. The maximum atomic E-state index is 13.2. The SMILES string of the molecule is CCNC(Cc1cccc(F)c1)c1cc(C)c(Br)s1. The molecule has 102 valence electrons. The first kappa shape index (κ1) is 14.7. The lowest BCUT2D eigenvalue weighted by molar-refractivity contribution is 0.554. The van der Waals surface area contributed by atoms with Gasteiger partial charge in [0.05, 0.1) is 3.79 Å². The molecule has 2 aromatic rings. The van der Waals surface area contributed by atoms with Gasteiger partial charge in [0, 0.05) is 10.9 Å². The third-order valence-electron chi connectivity index (χ3n) is 3.00. The van der Waals surface area contributed by atoms with Gasteiger partial charge in [0.2, 0.25) is 0 Å². The van der Waals surface area contributed by atoms with Gasteiger partial charge in [-0.15, -0.1) is 11.3 Å². The van der Waals surface area contributed by atoms with Gasteiger partial charge in [-0.25, -0.2) is 4.39 Å². The highest BCUT2D eigenvalue weighted by Gasteiger charge is 2.15. The van der Waals surface area contributed by atoms with E-state index in [1.165, 1.54) is 20.3 Å². The van der Waals surface area contributed by atoms with Gasteiger partial charge in [0.15, 0.2) is 0 Å². The van der Waals surface area contributed by atoms with Crippen LogP contribution in [0, 0.1) is 12.7 Å². The van der Waals surface area contributed by atoms with Gasteiger partial charge in [-0.2, -0.15) is 0 Å². The van der Waals surface area contributed by atoms with Crippen molar-refractivity contribution in [2.45, 2.75) is 26.3 Å². The van der Waals surface area contributed by atoms with E-state index in [9.17, 15) is 4.39 Å². The second-order valence-electron chi connectivity index (χ2n) is 4.55. The van der Waals surface area contributed by atoms with Crippen LogP contribution < -0.4 is 5.32 Å². The summed E-state index contributed by atoms with van der Waals surface area (Å²) in [6.07, 6.45) is 0.804. The molecular weight excluding hydrogens is 325 g/mol. The van der Waals surface area contributed by atoms with Crippen LogP contribution in [0.1, 0.15) is 29.0 Å². The highest BCUT2D eigenvalue weighted by atomic mass is 79.9. The van der Waals surface area contributed by atoms with Crippen molar-refractivity contribution < 1.29 is 4.39 Å². The van der Waals surface area contributed by atoms with Gasteiger partial charge in [-0.1, -0.05) is 19.1 Å². The Morgan fingerprint density at radius 3 is 2.74 bits per heavy atom. The maximum absolute atomic E-state index is 13.2. The molecule has 4 heteroatoms. The summed E-state index contributed by atoms with van der Waals surface area (Å²) in [7, 11) is 0. The predicted molar refractivity (Wildman–Crippen MR) is 83.3 cm³/mol. The van der Waals surface area contributed by atoms with Crippen molar-refractivity contribution in [3.63, 3.8) is 0 Å². The zero-order valence-corrected chi connectivity index (χ0v) is 13.4. The third-order valence-corrected chi connectivity index (χ3v) is 5.25. The smallest absolute Gasteiger partial charge is 0.123 e. The van der Waals surface area contributed by atoms with E-state index >= 15 is 0 Å². The second-order valence-corrected chi connectivity index (χ2v) is 6.95. The highest BCUT2D eigenvalue weighted by molar-refractivity contribution is 9.11. The summed E-state index contributed by atoms with van der Waals surface area (Å²) in [5, 5.41) is 3.47. The number of rotatable bonds is 5. The molecule has 0 amide bonds. The number of hydrogen-bond acceptors (Lipinski definition) is 2. The third kappa shape index (κ3) is 3.88. The highest BCUT2D eigenvalue weighted by Crippen LogP contribution is 2.32. The van der Waals surface area contributed by atoms with Crippen LogP contribution in [0.4, 0.5) is 4.39 Å². The average Bonchev–Trinajstić information content (AvgIpc) is 2.69. The summed E-state index contributed by atoms with van der Waals surface area (Å²) in [5.74, 6) is -0.170. The number of nitrogens with one attached hydrogen (secondary N) is 1. The first-order chi connectivity index (χ1) is 9.10. The largest absolute Gasteiger partial charge is 0.309 e. The van der Waals surface area contributed by atoms with Gasteiger partial charge in [-0.3, -0.25) is 0 Å².